The first kappa shape index (κ1) is 12.3. The van der Waals surface area contributed by atoms with Crippen LogP contribution in [0.1, 0.15) is 19.0 Å². The predicted molar refractivity (Wildman–Crippen MR) is 64.0 cm³/mol. The van der Waals surface area contributed by atoms with Gasteiger partial charge in [-0.05, 0) is 6.42 Å². The van der Waals surface area contributed by atoms with Crippen molar-refractivity contribution in [3.8, 4) is 0 Å². The van der Waals surface area contributed by atoms with Gasteiger partial charge < -0.3 is 10.4 Å². The van der Waals surface area contributed by atoms with Crippen LogP contribution in [0.4, 0.5) is 5.82 Å². The summed E-state index contributed by atoms with van der Waals surface area (Å²) < 4.78 is 0. The van der Waals surface area contributed by atoms with E-state index in [2.05, 4.69) is 22.2 Å². The number of aliphatic hydroxyl groups is 1. The lowest BCUT2D eigenvalue weighted by atomic mass is 10.3. The largest absolute Gasteiger partial charge is 0.396 e. The number of rotatable bonds is 6. The molecule has 0 aliphatic carbocycles. The van der Waals surface area contributed by atoms with Crippen molar-refractivity contribution < 1.29 is 5.11 Å². The summed E-state index contributed by atoms with van der Waals surface area (Å²) in [6.45, 7) is 2.36. The van der Waals surface area contributed by atoms with Gasteiger partial charge in [-0.2, -0.15) is 11.8 Å². The van der Waals surface area contributed by atoms with Gasteiger partial charge in [-0.25, -0.2) is 4.98 Å². The molecule has 1 aromatic heterocycles. The van der Waals surface area contributed by atoms with Crippen LogP contribution >= 0.6 is 11.8 Å². The minimum Gasteiger partial charge on any atom is -0.396 e. The molecule has 0 bridgehead atoms. The lowest BCUT2D eigenvalue weighted by Crippen LogP contribution is -2.01. The summed E-state index contributed by atoms with van der Waals surface area (Å²) in [5.74, 6) is 1.63. The molecule has 0 saturated heterocycles. The van der Waals surface area contributed by atoms with Crippen LogP contribution in [0.2, 0.25) is 0 Å². The van der Waals surface area contributed by atoms with Crippen molar-refractivity contribution in [3.05, 3.63) is 18.1 Å². The Morgan fingerprint density at radius 3 is 2.80 bits per heavy atom. The normalized spacial score (nSPS) is 12.5. The van der Waals surface area contributed by atoms with E-state index in [0.29, 0.717) is 5.25 Å². The Hall–Kier alpha value is -0.810. The zero-order valence-electron chi connectivity index (χ0n) is 9.10. The Bertz CT molecular complexity index is 279. The molecule has 1 atom stereocenters. The summed E-state index contributed by atoms with van der Waals surface area (Å²) in [5.41, 5.74) is 0.976. The second-order valence-electron chi connectivity index (χ2n) is 3.28. The highest BCUT2D eigenvalue weighted by Crippen LogP contribution is 2.18. The molecule has 1 unspecified atom stereocenters. The van der Waals surface area contributed by atoms with E-state index in [9.17, 15) is 0 Å². The van der Waals surface area contributed by atoms with Crippen LogP contribution in [-0.4, -0.2) is 34.0 Å². The average molecular weight is 227 g/mol. The lowest BCUT2D eigenvalue weighted by molar-refractivity contribution is 0.289. The number of aliphatic hydroxyl groups excluding tert-OH is 1. The van der Waals surface area contributed by atoms with Crippen molar-refractivity contribution >= 4 is 17.6 Å². The van der Waals surface area contributed by atoms with Crippen LogP contribution in [0.5, 0.6) is 0 Å². The van der Waals surface area contributed by atoms with Gasteiger partial charge in [-0.15, -0.1) is 0 Å². The summed E-state index contributed by atoms with van der Waals surface area (Å²) >= 11 is 1.78. The fourth-order valence-electron chi connectivity index (χ4n) is 1.05. The predicted octanol–water partition coefficient (Wildman–Crippen LogP) is 1.52. The van der Waals surface area contributed by atoms with Crippen molar-refractivity contribution in [3.63, 3.8) is 0 Å². The lowest BCUT2D eigenvalue weighted by Gasteiger charge is -2.08. The highest BCUT2D eigenvalue weighted by molar-refractivity contribution is 7.99. The molecule has 5 heteroatoms. The van der Waals surface area contributed by atoms with Crippen molar-refractivity contribution in [2.45, 2.75) is 24.3 Å². The molecule has 0 aliphatic rings. The molecule has 0 aliphatic heterocycles. The van der Waals surface area contributed by atoms with E-state index in [-0.39, 0.29) is 6.61 Å². The van der Waals surface area contributed by atoms with Crippen molar-refractivity contribution in [1.29, 1.82) is 0 Å². The topological polar surface area (TPSA) is 58.0 Å². The van der Waals surface area contributed by atoms with Crippen molar-refractivity contribution in [2.75, 3.05) is 19.0 Å². The second kappa shape index (κ2) is 6.63. The van der Waals surface area contributed by atoms with E-state index in [0.717, 1.165) is 23.7 Å². The highest BCUT2D eigenvalue weighted by Gasteiger charge is 2.03. The van der Waals surface area contributed by atoms with Gasteiger partial charge in [0, 0.05) is 24.7 Å². The molecule has 2 N–H and O–H groups in total. The van der Waals surface area contributed by atoms with Crippen LogP contribution in [0.3, 0.4) is 0 Å². The maximum Gasteiger partial charge on any atom is 0.144 e. The molecule has 0 radical (unpaired) electrons. The van der Waals surface area contributed by atoms with Gasteiger partial charge in [0.25, 0.3) is 0 Å². The standard InChI is InChI=1S/C10H17N3OS/c1-8(3-4-14)15-7-9-5-13-10(11-2)6-12-9/h5-6,8,14H,3-4,7H2,1-2H3,(H,11,13). The molecule has 0 saturated carbocycles. The van der Waals surface area contributed by atoms with Gasteiger partial charge in [0.2, 0.25) is 0 Å². The van der Waals surface area contributed by atoms with Crippen LogP contribution < -0.4 is 5.32 Å². The summed E-state index contributed by atoms with van der Waals surface area (Å²) in [4.78, 5) is 8.46. The third kappa shape index (κ3) is 4.48. The Kier molecular flexibility index (Phi) is 5.42. The number of thioether (sulfide) groups is 1. The van der Waals surface area contributed by atoms with E-state index < -0.39 is 0 Å². The maximum atomic E-state index is 8.75. The van der Waals surface area contributed by atoms with Gasteiger partial charge in [0.1, 0.15) is 5.82 Å². The maximum absolute atomic E-state index is 8.75. The van der Waals surface area contributed by atoms with E-state index in [1.165, 1.54) is 0 Å². The number of nitrogens with zero attached hydrogens (tertiary/aromatic N) is 2. The first-order chi connectivity index (χ1) is 7.26. The number of hydrogen-bond acceptors (Lipinski definition) is 5. The Morgan fingerprint density at radius 1 is 1.47 bits per heavy atom. The molecule has 0 amide bonds. The smallest absolute Gasteiger partial charge is 0.144 e. The molecular formula is C10H17N3OS. The van der Waals surface area contributed by atoms with E-state index in [4.69, 9.17) is 5.11 Å². The number of nitrogens with one attached hydrogen (secondary N) is 1. The van der Waals surface area contributed by atoms with E-state index >= 15 is 0 Å². The summed E-state index contributed by atoms with van der Waals surface area (Å²) in [6.07, 6.45) is 4.34. The SMILES string of the molecule is CNc1cnc(CSC(C)CCO)cn1. The molecule has 4 nitrogen and oxygen atoms in total. The van der Waals surface area contributed by atoms with E-state index in [1.807, 2.05) is 7.05 Å². The summed E-state index contributed by atoms with van der Waals surface area (Å²) in [7, 11) is 1.82. The second-order valence-corrected chi connectivity index (χ2v) is 4.70. The van der Waals surface area contributed by atoms with Gasteiger partial charge in [-0.3, -0.25) is 4.98 Å². The fraction of sp³-hybridized carbons (Fsp3) is 0.600. The Labute approximate surface area is 94.5 Å². The van der Waals surface area contributed by atoms with Crippen molar-refractivity contribution in [1.82, 2.24) is 9.97 Å². The number of hydrogen-bond donors (Lipinski definition) is 2. The first-order valence-electron chi connectivity index (χ1n) is 4.97. The number of aromatic nitrogens is 2. The van der Waals surface area contributed by atoms with Crippen LogP contribution in [-0.2, 0) is 5.75 Å². The van der Waals surface area contributed by atoms with Gasteiger partial charge >= 0.3 is 0 Å². The third-order valence-electron chi connectivity index (χ3n) is 2.01. The Morgan fingerprint density at radius 2 is 2.27 bits per heavy atom. The quantitative estimate of drug-likeness (QED) is 0.771. The monoisotopic (exact) mass is 227 g/mol. The van der Waals surface area contributed by atoms with Gasteiger partial charge in [-0.1, -0.05) is 6.92 Å². The first-order valence-corrected chi connectivity index (χ1v) is 6.02. The average Bonchev–Trinajstić information content (AvgIpc) is 2.27. The Balaban J connectivity index is 2.37. The van der Waals surface area contributed by atoms with Crippen LogP contribution in [0.15, 0.2) is 12.4 Å². The molecule has 1 rings (SSSR count). The zero-order valence-corrected chi connectivity index (χ0v) is 9.92. The molecule has 0 spiro atoms. The van der Waals surface area contributed by atoms with Gasteiger partial charge in [0.05, 0.1) is 18.1 Å². The molecule has 1 aromatic rings. The fourth-order valence-corrected chi connectivity index (χ4v) is 1.93. The molecule has 1 heterocycles. The summed E-state index contributed by atoms with van der Waals surface area (Å²) in [5, 5.41) is 12.1. The molecule has 0 fully saturated rings. The van der Waals surface area contributed by atoms with E-state index in [1.54, 1.807) is 24.2 Å². The summed E-state index contributed by atoms with van der Waals surface area (Å²) in [6, 6.07) is 0. The number of anilines is 1. The zero-order chi connectivity index (χ0) is 11.1. The molecule has 84 valence electrons. The van der Waals surface area contributed by atoms with Crippen molar-refractivity contribution in [2.24, 2.45) is 0 Å². The highest BCUT2D eigenvalue weighted by atomic mass is 32.2. The molecule has 15 heavy (non-hydrogen) atoms. The van der Waals surface area contributed by atoms with Crippen LogP contribution in [0.25, 0.3) is 0 Å². The van der Waals surface area contributed by atoms with Crippen LogP contribution in [0, 0.1) is 0 Å². The third-order valence-corrected chi connectivity index (χ3v) is 3.28. The van der Waals surface area contributed by atoms with Gasteiger partial charge in [0.15, 0.2) is 0 Å². The minimum atomic E-state index is 0.249. The molecular weight excluding hydrogens is 210 g/mol. The molecule has 0 aromatic carbocycles. The minimum absolute atomic E-state index is 0.249.